The molecule has 1 saturated carbocycles. The minimum atomic E-state index is -0.937. The van der Waals surface area contributed by atoms with Gasteiger partial charge in [0.15, 0.2) is 6.29 Å². The molecule has 1 aliphatic carbocycles. The number of aliphatic hydroxyl groups excluding tert-OH is 3. The fourth-order valence-electron chi connectivity index (χ4n) is 3.68. The number of aliphatic hydroxyl groups is 3. The highest BCUT2D eigenvalue weighted by molar-refractivity contribution is 5.66. The van der Waals surface area contributed by atoms with Gasteiger partial charge in [0.25, 0.3) is 0 Å². The van der Waals surface area contributed by atoms with Crippen molar-refractivity contribution < 1.29 is 34.7 Å². The number of carboxylic acid groups (broad SMARTS) is 1. The summed E-state index contributed by atoms with van der Waals surface area (Å²) in [5.74, 6) is -1.23. The second-order valence-electron chi connectivity index (χ2n) is 8.63. The van der Waals surface area contributed by atoms with Crippen LogP contribution in [0, 0.1) is 17.3 Å². The molecule has 2 aliphatic rings. The van der Waals surface area contributed by atoms with E-state index in [1.54, 1.807) is 12.2 Å². The molecule has 0 radical (unpaired) electrons. The van der Waals surface area contributed by atoms with Crippen LogP contribution in [0.3, 0.4) is 0 Å². The molecule has 0 aromatic heterocycles. The molecule has 1 aliphatic heterocycles. The van der Waals surface area contributed by atoms with E-state index in [1.165, 1.54) is 0 Å². The molecule has 0 bridgehead atoms. The van der Waals surface area contributed by atoms with Gasteiger partial charge in [-0.3, -0.25) is 4.79 Å². The molecule has 2 fully saturated rings. The number of carbonyl (C=O) groups is 1. The van der Waals surface area contributed by atoms with Gasteiger partial charge in [-0.25, -0.2) is 0 Å². The van der Waals surface area contributed by atoms with E-state index in [0.717, 1.165) is 0 Å². The number of allylic oxidation sites excluding steroid dienone is 2. The van der Waals surface area contributed by atoms with Crippen LogP contribution in [0.2, 0.25) is 0 Å². The zero-order valence-electron chi connectivity index (χ0n) is 16.7. The summed E-state index contributed by atoms with van der Waals surface area (Å²) in [6.45, 7) is 5.06. The number of hydrogen-bond acceptors (Lipinski definition) is 6. The van der Waals surface area contributed by atoms with Gasteiger partial charge < -0.3 is 29.9 Å². The maximum absolute atomic E-state index is 10.5. The van der Waals surface area contributed by atoms with E-state index in [1.807, 2.05) is 26.0 Å². The number of unbranched alkanes of at least 4 members (excludes halogenated alkanes) is 1. The van der Waals surface area contributed by atoms with Crippen molar-refractivity contribution in [1.29, 1.82) is 0 Å². The minimum absolute atomic E-state index is 0.0758. The van der Waals surface area contributed by atoms with Crippen molar-refractivity contribution in [2.45, 2.75) is 70.6 Å². The Morgan fingerprint density at radius 2 is 1.86 bits per heavy atom. The molecule has 0 amide bonds. The molecule has 160 valence electrons. The zero-order valence-corrected chi connectivity index (χ0v) is 16.7. The van der Waals surface area contributed by atoms with Gasteiger partial charge in [-0.15, -0.1) is 0 Å². The maximum atomic E-state index is 10.5. The first-order valence-corrected chi connectivity index (χ1v) is 10.0. The lowest BCUT2D eigenvalue weighted by Crippen LogP contribution is -2.43. The summed E-state index contributed by atoms with van der Waals surface area (Å²) in [4.78, 5) is 10.5. The standard InChI is InChI=1S/C21H34O7/c1-21(2)12-27-20(28-13-21)16(22)10-9-15-14(17(23)11-18(15)24)7-5-3-4-6-8-19(25)26/h3,5,9-10,14-18,20,22-24H,4,6-8,11-13H2,1-2H3,(H,25,26)/b5-3-,10-9+/t14-,15-,16-,17+,18-/m1/s1. The predicted molar refractivity (Wildman–Crippen MR) is 103 cm³/mol. The molecular weight excluding hydrogens is 364 g/mol. The third-order valence-corrected chi connectivity index (χ3v) is 5.34. The monoisotopic (exact) mass is 398 g/mol. The van der Waals surface area contributed by atoms with Gasteiger partial charge in [0.2, 0.25) is 0 Å². The highest BCUT2D eigenvalue weighted by Gasteiger charge is 2.40. The lowest BCUT2D eigenvalue weighted by Gasteiger charge is -2.35. The van der Waals surface area contributed by atoms with Crippen molar-refractivity contribution in [2.24, 2.45) is 17.3 Å². The van der Waals surface area contributed by atoms with Gasteiger partial charge in [-0.05, 0) is 25.2 Å². The lowest BCUT2D eigenvalue weighted by molar-refractivity contribution is -0.248. The highest BCUT2D eigenvalue weighted by atomic mass is 16.7. The fraction of sp³-hybridized carbons (Fsp3) is 0.762. The van der Waals surface area contributed by atoms with Gasteiger partial charge >= 0.3 is 5.97 Å². The normalized spacial score (nSPS) is 32.3. The van der Waals surface area contributed by atoms with E-state index < -0.39 is 30.6 Å². The first kappa shape index (κ1) is 23.0. The Morgan fingerprint density at radius 1 is 1.18 bits per heavy atom. The summed E-state index contributed by atoms with van der Waals surface area (Å²) >= 11 is 0. The summed E-state index contributed by atoms with van der Waals surface area (Å²) in [7, 11) is 0. The molecule has 5 atom stereocenters. The molecule has 4 N–H and O–H groups in total. The van der Waals surface area contributed by atoms with Crippen molar-refractivity contribution >= 4 is 5.97 Å². The Morgan fingerprint density at radius 3 is 2.50 bits per heavy atom. The summed E-state index contributed by atoms with van der Waals surface area (Å²) in [6, 6.07) is 0. The quantitative estimate of drug-likeness (QED) is 0.346. The van der Waals surface area contributed by atoms with Gasteiger partial charge in [0.05, 0.1) is 25.4 Å². The largest absolute Gasteiger partial charge is 0.481 e. The molecule has 1 saturated heterocycles. The van der Waals surface area contributed by atoms with Gasteiger partial charge in [0, 0.05) is 24.2 Å². The van der Waals surface area contributed by atoms with Crippen molar-refractivity contribution in [3.8, 4) is 0 Å². The van der Waals surface area contributed by atoms with E-state index >= 15 is 0 Å². The summed E-state index contributed by atoms with van der Waals surface area (Å²) in [6.07, 6.45) is 6.51. The molecule has 7 nitrogen and oxygen atoms in total. The van der Waals surface area contributed by atoms with Crippen molar-refractivity contribution in [3.63, 3.8) is 0 Å². The summed E-state index contributed by atoms with van der Waals surface area (Å²) < 4.78 is 11.2. The van der Waals surface area contributed by atoms with E-state index in [9.17, 15) is 20.1 Å². The molecule has 28 heavy (non-hydrogen) atoms. The summed E-state index contributed by atoms with van der Waals surface area (Å²) in [5.41, 5.74) is -0.0758. The topological polar surface area (TPSA) is 116 Å². The second-order valence-corrected chi connectivity index (χ2v) is 8.63. The molecule has 0 unspecified atom stereocenters. The Hall–Kier alpha value is -1.25. The van der Waals surface area contributed by atoms with Crippen molar-refractivity contribution in [2.75, 3.05) is 13.2 Å². The van der Waals surface area contributed by atoms with Crippen molar-refractivity contribution in [3.05, 3.63) is 24.3 Å². The Bertz CT molecular complexity index is 547. The summed E-state index contributed by atoms with van der Waals surface area (Å²) in [5, 5.41) is 39.5. The van der Waals surface area contributed by atoms with Crippen LogP contribution in [-0.2, 0) is 14.3 Å². The Kier molecular flexibility index (Phi) is 8.64. The molecule has 2 rings (SSSR count). The number of aliphatic carboxylic acids is 1. The Balaban J connectivity index is 1.86. The third-order valence-electron chi connectivity index (χ3n) is 5.34. The molecule has 7 heteroatoms. The van der Waals surface area contributed by atoms with Crippen molar-refractivity contribution in [1.82, 2.24) is 0 Å². The first-order valence-electron chi connectivity index (χ1n) is 10.0. The van der Waals surface area contributed by atoms with Crippen LogP contribution in [-0.4, -0.2) is 64.2 Å². The van der Waals surface area contributed by atoms with Crippen LogP contribution in [0.4, 0.5) is 0 Å². The second kappa shape index (κ2) is 10.5. The average Bonchev–Trinajstić information content (AvgIpc) is 2.88. The average molecular weight is 398 g/mol. The van der Waals surface area contributed by atoms with Gasteiger partial charge in [0.1, 0.15) is 6.10 Å². The number of rotatable bonds is 9. The van der Waals surface area contributed by atoms with Crippen LogP contribution >= 0.6 is 0 Å². The molecular formula is C21H34O7. The van der Waals surface area contributed by atoms with Crippen LogP contribution in [0.25, 0.3) is 0 Å². The van der Waals surface area contributed by atoms with Gasteiger partial charge in [-0.1, -0.05) is 38.2 Å². The van der Waals surface area contributed by atoms with Crippen LogP contribution in [0.15, 0.2) is 24.3 Å². The SMILES string of the molecule is CC1(C)COC([C@H](O)/C=C/[C@@H]2[C@@H](C/C=C\CCCC(=O)O)[C@@H](O)C[C@H]2O)OC1. The Labute approximate surface area is 166 Å². The van der Waals surface area contributed by atoms with E-state index in [2.05, 4.69) is 0 Å². The smallest absolute Gasteiger partial charge is 0.303 e. The molecule has 0 aromatic rings. The lowest BCUT2D eigenvalue weighted by atomic mass is 9.89. The van der Waals surface area contributed by atoms with Crippen LogP contribution < -0.4 is 0 Å². The molecule has 0 spiro atoms. The molecule has 0 aromatic carbocycles. The fourth-order valence-corrected chi connectivity index (χ4v) is 3.68. The van der Waals surface area contributed by atoms with Crippen LogP contribution in [0.1, 0.15) is 46.0 Å². The van der Waals surface area contributed by atoms with E-state index in [4.69, 9.17) is 14.6 Å². The van der Waals surface area contributed by atoms with E-state index in [0.29, 0.717) is 38.9 Å². The van der Waals surface area contributed by atoms with E-state index in [-0.39, 0.29) is 23.7 Å². The maximum Gasteiger partial charge on any atom is 0.303 e. The first-order chi connectivity index (χ1) is 13.2. The number of ether oxygens (including phenoxy) is 2. The number of hydrogen-bond donors (Lipinski definition) is 4. The predicted octanol–water partition coefficient (Wildman–Crippen LogP) is 1.86. The third kappa shape index (κ3) is 6.97. The van der Waals surface area contributed by atoms with Gasteiger partial charge in [-0.2, -0.15) is 0 Å². The number of carboxylic acids is 1. The molecule has 1 heterocycles. The van der Waals surface area contributed by atoms with Crippen LogP contribution in [0.5, 0.6) is 0 Å². The highest BCUT2D eigenvalue weighted by Crippen LogP contribution is 2.36. The zero-order chi connectivity index (χ0) is 20.7. The minimum Gasteiger partial charge on any atom is -0.481 e.